The Hall–Kier alpha value is -2.15. The van der Waals surface area contributed by atoms with Crippen LogP contribution in [0.15, 0.2) is 48.5 Å². The molecule has 1 aliphatic carbocycles. The van der Waals surface area contributed by atoms with Crippen LogP contribution in [-0.2, 0) is 0 Å². The Labute approximate surface area is 196 Å². The molecule has 1 fully saturated rings. The van der Waals surface area contributed by atoms with Crippen molar-refractivity contribution < 1.29 is 9.53 Å². The highest BCUT2D eigenvalue weighted by Crippen LogP contribution is 2.35. The summed E-state index contributed by atoms with van der Waals surface area (Å²) in [6, 6.07) is 15.3. The average molecular weight is 473 g/mol. The highest BCUT2D eigenvalue weighted by Gasteiger charge is 2.18. The van der Waals surface area contributed by atoms with E-state index in [-0.39, 0.29) is 11.0 Å². The van der Waals surface area contributed by atoms with E-state index in [0.29, 0.717) is 9.90 Å². The first-order valence-electron chi connectivity index (χ1n) is 10.6. The fourth-order valence-electron chi connectivity index (χ4n) is 3.94. The summed E-state index contributed by atoms with van der Waals surface area (Å²) in [5.74, 6) is 1.34. The molecule has 4 rings (SSSR count). The summed E-state index contributed by atoms with van der Waals surface area (Å²) in [5, 5.41) is 7.30. The number of thiocarbonyl (C=S) groups is 1. The average Bonchev–Trinajstić information content (AvgIpc) is 3.12. The third-order valence-electron chi connectivity index (χ3n) is 5.60. The van der Waals surface area contributed by atoms with Gasteiger partial charge in [0.1, 0.15) is 10.6 Å². The van der Waals surface area contributed by atoms with Crippen LogP contribution in [0.2, 0.25) is 5.02 Å². The number of fused-ring (bicyclic) bond motifs is 1. The quantitative estimate of drug-likeness (QED) is 0.378. The molecule has 1 heterocycles. The molecule has 2 aromatic carbocycles. The first-order valence-corrected chi connectivity index (χ1v) is 12.2. The lowest BCUT2D eigenvalue weighted by Crippen LogP contribution is -2.33. The molecule has 4 nitrogen and oxygen atoms in total. The summed E-state index contributed by atoms with van der Waals surface area (Å²) >= 11 is 13.0. The number of ether oxygens (including phenoxy) is 1. The molecule has 0 radical (unpaired) electrons. The fourth-order valence-corrected chi connectivity index (χ4v) is 5.56. The van der Waals surface area contributed by atoms with E-state index in [0.717, 1.165) is 40.5 Å². The van der Waals surface area contributed by atoms with Crippen LogP contribution in [0.1, 0.15) is 48.2 Å². The monoisotopic (exact) mass is 472 g/mol. The Kier molecular flexibility index (Phi) is 7.43. The number of anilines is 1. The van der Waals surface area contributed by atoms with Gasteiger partial charge in [-0.25, -0.2) is 0 Å². The maximum atomic E-state index is 12.6. The maximum Gasteiger partial charge on any atom is 0.269 e. The van der Waals surface area contributed by atoms with E-state index in [1.165, 1.54) is 43.4 Å². The van der Waals surface area contributed by atoms with Gasteiger partial charge in [-0.3, -0.25) is 10.1 Å². The molecule has 0 aliphatic heterocycles. The van der Waals surface area contributed by atoms with Crippen LogP contribution in [0.3, 0.4) is 0 Å². The fraction of sp³-hybridized carbons (Fsp3) is 0.333. The summed E-state index contributed by atoms with van der Waals surface area (Å²) in [6.45, 7) is 0.752. The molecule has 1 saturated carbocycles. The van der Waals surface area contributed by atoms with Crippen molar-refractivity contribution in [3.8, 4) is 5.75 Å². The molecule has 0 unspecified atom stereocenters. The second-order valence-electron chi connectivity index (χ2n) is 7.82. The Balaban J connectivity index is 1.27. The molecular weight excluding hydrogens is 448 g/mol. The molecule has 2 N–H and O–H groups in total. The van der Waals surface area contributed by atoms with Crippen LogP contribution in [0.5, 0.6) is 5.75 Å². The van der Waals surface area contributed by atoms with E-state index in [9.17, 15) is 4.79 Å². The van der Waals surface area contributed by atoms with Crippen LogP contribution in [0.25, 0.3) is 10.1 Å². The van der Waals surface area contributed by atoms with Gasteiger partial charge in [0.05, 0.1) is 11.6 Å². The second-order valence-corrected chi connectivity index (χ2v) is 9.65. The number of hydrogen-bond donors (Lipinski definition) is 2. The normalized spacial score (nSPS) is 14.4. The largest absolute Gasteiger partial charge is 0.494 e. The van der Waals surface area contributed by atoms with Gasteiger partial charge in [-0.15, -0.1) is 11.3 Å². The van der Waals surface area contributed by atoms with Gasteiger partial charge in [-0.2, -0.15) is 0 Å². The van der Waals surface area contributed by atoms with Gasteiger partial charge in [0, 0.05) is 15.8 Å². The van der Waals surface area contributed by atoms with E-state index in [1.807, 2.05) is 48.5 Å². The minimum atomic E-state index is -0.314. The molecule has 162 valence electrons. The SMILES string of the molecule is O=C(NC(=S)Nc1ccc(OCCC2CCCCC2)cc1)c1sc2ccccc2c1Cl. The van der Waals surface area contributed by atoms with Crippen LogP contribution in [0.4, 0.5) is 5.69 Å². The number of carbonyl (C=O) groups excluding carboxylic acids is 1. The number of hydrogen-bond acceptors (Lipinski definition) is 4. The Morgan fingerprint density at radius 2 is 1.84 bits per heavy atom. The second kappa shape index (κ2) is 10.4. The van der Waals surface area contributed by atoms with Crippen molar-refractivity contribution in [3.05, 3.63) is 58.4 Å². The molecule has 1 aromatic heterocycles. The van der Waals surface area contributed by atoms with Crippen molar-refractivity contribution in [2.24, 2.45) is 5.92 Å². The van der Waals surface area contributed by atoms with Crippen molar-refractivity contribution >= 4 is 61.9 Å². The standard InChI is InChI=1S/C24H25ClN2O2S2/c25-21-19-8-4-5-9-20(19)31-22(21)23(28)27-24(30)26-17-10-12-18(13-11-17)29-15-14-16-6-2-1-3-7-16/h4-5,8-13,16H,1-3,6-7,14-15H2,(H2,26,27,28,30). The van der Waals surface area contributed by atoms with Gasteiger partial charge in [0.2, 0.25) is 0 Å². The Morgan fingerprint density at radius 1 is 1.10 bits per heavy atom. The maximum absolute atomic E-state index is 12.6. The van der Waals surface area contributed by atoms with Gasteiger partial charge in [-0.05, 0) is 54.9 Å². The zero-order valence-electron chi connectivity index (χ0n) is 17.2. The minimum absolute atomic E-state index is 0.226. The van der Waals surface area contributed by atoms with Gasteiger partial charge in [0.15, 0.2) is 5.11 Å². The molecular formula is C24H25ClN2O2S2. The molecule has 0 spiro atoms. The van der Waals surface area contributed by atoms with E-state index >= 15 is 0 Å². The number of amides is 1. The number of rotatable bonds is 6. The first-order chi connectivity index (χ1) is 15.1. The molecule has 0 atom stereocenters. The van der Waals surface area contributed by atoms with E-state index in [2.05, 4.69) is 10.6 Å². The third kappa shape index (κ3) is 5.76. The number of halogens is 1. The lowest BCUT2D eigenvalue weighted by molar-refractivity contribution is 0.0982. The predicted octanol–water partition coefficient (Wildman–Crippen LogP) is 7.03. The number of thiophene rings is 1. The van der Waals surface area contributed by atoms with Crippen LogP contribution < -0.4 is 15.4 Å². The van der Waals surface area contributed by atoms with E-state index in [4.69, 9.17) is 28.6 Å². The van der Waals surface area contributed by atoms with Crippen LogP contribution >= 0.6 is 35.2 Å². The van der Waals surface area contributed by atoms with Crippen molar-refractivity contribution in [2.75, 3.05) is 11.9 Å². The topological polar surface area (TPSA) is 50.4 Å². The van der Waals surface area contributed by atoms with E-state index < -0.39 is 0 Å². The van der Waals surface area contributed by atoms with Crippen molar-refractivity contribution in [1.29, 1.82) is 0 Å². The predicted molar refractivity (Wildman–Crippen MR) is 134 cm³/mol. The number of benzene rings is 2. The zero-order chi connectivity index (χ0) is 21.6. The molecule has 31 heavy (non-hydrogen) atoms. The smallest absolute Gasteiger partial charge is 0.269 e. The molecule has 0 bridgehead atoms. The van der Waals surface area contributed by atoms with Crippen molar-refractivity contribution in [2.45, 2.75) is 38.5 Å². The minimum Gasteiger partial charge on any atom is -0.494 e. The zero-order valence-corrected chi connectivity index (χ0v) is 19.5. The third-order valence-corrected chi connectivity index (χ3v) is 7.48. The first kappa shape index (κ1) is 22.1. The van der Waals surface area contributed by atoms with Crippen LogP contribution in [-0.4, -0.2) is 17.6 Å². The van der Waals surface area contributed by atoms with E-state index in [1.54, 1.807) is 0 Å². The van der Waals surface area contributed by atoms with Crippen LogP contribution in [0, 0.1) is 5.92 Å². The van der Waals surface area contributed by atoms with Gasteiger partial charge in [0.25, 0.3) is 5.91 Å². The summed E-state index contributed by atoms with van der Waals surface area (Å²) in [4.78, 5) is 13.1. The number of carbonyl (C=O) groups is 1. The lowest BCUT2D eigenvalue weighted by atomic mass is 9.87. The molecule has 7 heteroatoms. The Morgan fingerprint density at radius 3 is 2.58 bits per heavy atom. The van der Waals surface area contributed by atoms with Gasteiger partial charge in [-0.1, -0.05) is 61.9 Å². The molecule has 0 saturated heterocycles. The van der Waals surface area contributed by atoms with Crippen molar-refractivity contribution in [3.63, 3.8) is 0 Å². The number of nitrogens with one attached hydrogen (secondary N) is 2. The lowest BCUT2D eigenvalue weighted by Gasteiger charge is -2.21. The summed E-state index contributed by atoms with van der Waals surface area (Å²) in [6.07, 6.45) is 7.89. The highest BCUT2D eigenvalue weighted by molar-refractivity contribution is 7.80. The summed E-state index contributed by atoms with van der Waals surface area (Å²) in [5.41, 5.74) is 0.785. The highest BCUT2D eigenvalue weighted by atomic mass is 35.5. The molecule has 1 amide bonds. The summed E-state index contributed by atoms with van der Waals surface area (Å²) in [7, 11) is 0. The summed E-state index contributed by atoms with van der Waals surface area (Å²) < 4.78 is 6.86. The van der Waals surface area contributed by atoms with Gasteiger partial charge < -0.3 is 10.1 Å². The Bertz CT molecular complexity index is 1060. The van der Waals surface area contributed by atoms with Crippen molar-refractivity contribution in [1.82, 2.24) is 5.32 Å². The molecule has 1 aliphatic rings. The van der Waals surface area contributed by atoms with Gasteiger partial charge >= 0.3 is 0 Å². The molecule has 3 aromatic rings.